The number of nitrogens with zero attached hydrogens (tertiary/aromatic N) is 2. The molecule has 1 atom stereocenters. The van der Waals surface area contributed by atoms with Crippen LogP contribution in [0.5, 0.6) is 0 Å². The van der Waals surface area contributed by atoms with Crippen molar-refractivity contribution in [1.29, 1.82) is 0 Å². The molecule has 0 fully saturated rings. The molecule has 2 rings (SSSR count). The second-order valence-electron chi connectivity index (χ2n) is 4.66. The third-order valence-corrected chi connectivity index (χ3v) is 4.42. The van der Waals surface area contributed by atoms with E-state index in [1.54, 1.807) is 35.3 Å². The molecule has 7 heteroatoms. The number of carbonyl (C=O) groups excluding carboxylic acids is 1. The third-order valence-electron chi connectivity index (χ3n) is 3.19. The summed E-state index contributed by atoms with van der Waals surface area (Å²) in [5, 5.41) is 19.0. The Balaban J connectivity index is 1.87. The molecule has 0 bridgehead atoms. The van der Waals surface area contributed by atoms with Gasteiger partial charge >= 0.3 is 6.03 Å². The molecular formula is C14H20N4O2S. The van der Waals surface area contributed by atoms with Crippen LogP contribution in [0.2, 0.25) is 0 Å². The maximum atomic E-state index is 11.9. The first-order valence-corrected chi connectivity index (χ1v) is 7.66. The van der Waals surface area contributed by atoms with Crippen LogP contribution in [0, 0.1) is 0 Å². The second kappa shape index (κ2) is 7.24. The Morgan fingerprint density at radius 3 is 2.76 bits per heavy atom. The summed E-state index contributed by atoms with van der Waals surface area (Å²) in [5.74, 6) is 0. The lowest BCUT2D eigenvalue weighted by Crippen LogP contribution is -2.39. The fourth-order valence-corrected chi connectivity index (χ4v) is 2.92. The van der Waals surface area contributed by atoms with E-state index in [0.717, 1.165) is 17.0 Å². The Labute approximate surface area is 127 Å². The predicted molar refractivity (Wildman–Crippen MR) is 82.1 cm³/mol. The van der Waals surface area contributed by atoms with Crippen LogP contribution in [0.3, 0.4) is 0 Å². The minimum Gasteiger partial charge on any atom is -0.394 e. The van der Waals surface area contributed by atoms with E-state index >= 15 is 0 Å². The van der Waals surface area contributed by atoms with Gasteiger partial charge in [-0.25, -0.2) is 4.79 Å². The summed E-state index contributed by atoms with van der Waals surface area (Å²) < 4.78 is 1.63. The van der Waals surface area contributed by atoms with Gasteiger partial charge in [0.1, 0.15) is 0 Å². The highest BCUT2D eigenvalue weighted by Gasteiger charge is 2.16. The molecule has 0 saturated heterocycles. The number of aliphatic hydroxyl groups is 1. The fourth-order valence-electron chi connectivity index (χ4n) is 2.02. The van der Waals surface area contributed by atoms with Gasteiger partial charge in [0, 0.05) is 23.0 Å². The molecule has 3 N–H and O–H groups in total. The molecule has 1 unspecified atom stereocenters. The van der Waals surface area contributed by atoms with Gasteiger partial charge in [0.15, 0.2) is 0 Å². The van der Waals surface area contributed by atoms with Crippen molar-refractivity contribution in [2.75, 3.05) is 6.61 Å². The number of rotatable bonds is 6. The summed E-state index contributed by atoms with van der Waals surface area (Å²) >= 11 is 1.69. The number of hydrogen-bond donors (Lipinski definition) is 3. The molecule has 0 aromatic carbocycles. The number of hydrogen-bond acceptors (Lipinski definition) is 4. The predicted octanol–water partition coefficient (Wildman–Crippen LogP) is 1.58. The van der Waals surface area contributed by atoms with Crippen LogP contribution in [-0.4, -0.2) is 27.5 Å². The maximum absolute atomic E-state index is 11.9. The number of urea groups is 1. The van der Waals surface area contributed by atoms with Crippen molar-refractivity contribution < 1.29 is 9.90 Å². The average Bonchev–Trinajstić information content (AvgIpc) is 3.11. The smallest absolute Gasteiger partial charge is 0.315 e. The summed E-state index contributed by atoms with van der Waals surface area (Å²) in [4.78, 5) is 14.3. The van der Waals surface area contributed by atoms with Gasteiger partial charge in [0.05, 0.1) is 24.9 Å². The van der Waals surface area contributed by atoms with E-state index in [1.807, 2.05) is 6.07 Å². The van der Waals surface area contributed by atoms with E-state index in [2.05, 4.69) is 28.7 Å². The molecule has 0 saturated carbocycles. The van der Waals surface area contributed by atoms with Crippen LogP contribution in [0.4, 0.5) is 4.79 Å². The average molecular weight is 308 g/mol. The number of aliphatic hydroxyl groups excluding tert-OH is 1. The second-order valence-corrected chi connectivity index (χ2v) is 5.92. The lowest BCUT2D eigenvalue weighted by Gasteiger charge is -2.16. The molecular weight excluding hydrogens is 288 g/mol. The Hall–Kier alpha value is -1.86. The topological polar surface area (TPSA) is 79.2 Å². The van der Waals surface area contributed by atoms with E-state index in [0.29, 0.717) is 6.54 Å². The first-order chi connectivity index (χ1) is 10.1. The molecule has 2 aromatic rings. The van der Waals surface area contributed by atoms with Crippen molar-refractivity contribution in [3.63, 3.8) is 0 Å². The van der Waals surface area contributed by atoms with Gasteiger partial charge < -0.3 is 15.7 Å². The molecule has 0 spiro atoms. The maximum Gasteiger partial charge on any atom is 0.315 e. The molecule has 0 aliphatic carbocycles. The fraction of sp³-hybridized carbons (Fsp3) is 0.429. The SMILES string of the molecule is CCc1ccc(CNC(=O)NC(CO)c2ccnn2C)s1. The van der Waals surface area contributed by atoms with Gasteiger partial charge in [-0.05, 0) is 24.6 Å². The lowest BCUT2D eigenvalue weighted by molar-refractivity contribution is 0.214. The summed E-state index contributed by atoms with van der Waals surface area (Å²) in [7, 11) is 1.77. The van der Waals surface area contributed by atoms with E-state index in [4.69, 9.17) is 0 Å². The Bertz CT molecular complexity index is 593. The van der Waals surface area contributed by atoms with Gasteiger partial charge in [0.2, 0.25) is 0 Å². The highest BCUT2D eigenvalue weighted by molar-refractivity contribution is 7.11. The summed E-state index contributed by atoms with van der Waals surface area (Å²) in [6.45, 7) is 2.42. The van der Waals surface area contributed by atoms with Crippen molar-refractivity contribution in [2.45, 2.75) is 25.9 Å². The minimum atomic E-state index is -0.466. The largest absolute Gasteiger partial charge is 0.394 e. The Kier molecular flexibility index (Phi) is 5.35. The van der Waals surface area contributed by atoms with Crippen molar-refractivity contribution in [3.05, 3.63) is 39.8 Å². The van der Waals surface area contributed by atoms with E-state index in [9.17, 15) is 9.90 Å². The molecule has 21 heavy (non-hydrogen) atoms. The van der Waals surface area contributed by atoms with Gasteiger partial charge in [-0.15, -0.1) is 11.3 Å². The zero-order chi connectivity index (χ0) is 15.2. The molecule has 0 radical (unpaired) electrons. The van der Waals surface area contributed by atoms with Gasteiger partial charge in [-0.1, -0.05) is 6.92 Å². The van der Waals surface area contributed by atoms with Crippen molar-refractivity contribution in [3.8, 4) is 0 Å². The van der Waals surface area contributed by atoms with Crippen LogP contribution in [0.25, 0.3) is 0 Å². The lowest BCUT2D eigenvalue weighted by atomic mass is 10.2. The van der Waals surface area contributed by atoms with Crippen LogP contribution >= 0.6 is 11.3 Å². The number of aromatic nitrogens is 2. The molecule has 6 nitrogen and oxygen atoms in total. The molecule has 114 valence electrons. The molecule has 2 aromatic heterocycles. The Morgan fingerprint density at radius 1 is 1.43 bits per heavy atom. The number of thiophene rings is 1. The highest BCUT2D eigenvalue weighted by Crippen LogP contribution is 2.16. The zero-order valence-electron chi connectivity index (χ0n) is 12.2. The molecule has 0 aliphatic heterocycles. The van der Waals surface area contributed by atoms with Crippen molar-refractivity contribution >= 4 is 17.4 Å². The van der Waals surface area contributed by atoms with E-state index in [-0.39, 0.29) is 12.6 Å². The highest BCUT2D eigenvalue weighted by atomic mass is 32.1. The number of aryl methyl sites for hydroxylation is 2. The summed E-state index contributed by atoms with van der Waals surface area (Å²) in [6, 6.07) is 5.10. The summed E-state index contributed by atoms with van der Waals surface area (Å²) in [5.41, 5.74) is 0.761. The van der Waals surface area contributed by atoms with Crippen molar-refractivity contribution in [2.24, 2.45) is 7.05 Å². The minimum absolute atomic E-state index is 0.175. The molecule has 2 amide bonds. The van der Waals surface area contributed by atoms with Gasteiger partial charge in [0.25, 0.3) is 0 Å². The first-order valence-electron chi connectivity index (χ1n) is 6.84. The monoisotopic (exact) mass is 308 g/mol. The van der Waals surface area contributed by atoms with Crippen LogP contribution in [-0.2, 0) is 20.0 Å². The zero-order valence-corrected chi connectivity index (χ0v) is 13.0. The van der Waals surface area contributed by atoms with E-state index < -0.39 is 6.04 Å². The summed E-state index contributed by atoms with van der Waals surface area (Å²) in [6.07, 6.45) is 2.64. The Morgan fingerprint density at radius 2 is 2.19 bits per heavy atom. The van der Waals surface area contributed by atoms with Crippen LogP contribution in [0.1, 0.15) is 28.4 Å². The van der Waals surface area contributed by atoms with Crippen LogP contribution < -0.4 is 10.6 Å². The standard InChI is InChI=1S/C14H20N4O2S/c1-3-10-4-5-11(21-10)8-15-14(20)17-12(9-19)13-6-7-16-18(13)2/h4-7,12,19H,3,8-9H2,1-2H3,(H2,15,17,20). The van der Waals surface area contributed by atoms with E-state index in [1.165, 1.54) is 4.88 Å². The third kappa shape index (κ3) is 4.05. The van der Waals surface area contributed by atoms with Crippen LogP contribution in [0.15, 0.2) is 24.4 Å². The number of nitrogens with one attached hydrogen (secondary N) is 2. The molecule has 2 heterocycles. The number of amides is 2. The molecule has 0 aliphatic rings. The quantitative estimate of drug-likeness (QED) is 0.758. The van der Waals surface area contributed by atoms with Crippen molar-refractivity contribution in [1.82, 2.24) is 20.4 Å². The normalized spacial score (nSPS) is 12.1. The first kappa shape index (κ1) is 15.5. The number of carbonyl (C=O) groups is 1. The van der Waals surface area contributed by atoms with Gasteiger partial charge in [-0.2, -0.15) is 5.10 Å². The van der Waals surface area contributed by atoms with Gasteiger partial charge in [-0.3, -0.25) is 4.68 Å².